The third-order valence-corrected chi connectivity index (χ3v) is 2.71. The molecule has 1 aromatic carbocycles. The minimum atomic E-state index is -0.241. The fraction of sp³-hybridized carbons (Fsp3) is 0.538. The molecule has 0 radical (unpaired) electrons. The van der Waals surface area contributed by atoms with Gasteiger partial charge in [-0.3, -0.25) is 0 Å². The summed E-state index contributed by atoms with van der Waals surface area (Å²) in [5, 5.41) is 9.45. The topological polar surface area (TPSA) is 29.5 Å². The molecule has 0 bridgehead atoms. The zero-order valence-electron chi connectivity index (χ0n) is 9.52. The number of rotatable bonds is 6. The highest BCUT2D eigenvalue weighted by atomic mass is 16.5. The molecule has 0 spiro atoms. The quantitative estimate of drug-likeness (QED) is 0.779. The first kappa shape index (κ1) is 12.1. The number of ether oxygens (including phenoxy) is 1. The Hall–Kier alpha value is -1.02. The van der Waals surface area contributed by atoms with Gasteiger partial charge in [-0.2, -0.15) is 0 Å². The molecule has 0 heterocycles. The summed E-state index contributed by atoms with van der Waals surface area (Å²) in [4.78, 5) is 0. The molecule has 15 heavy (non-hydrogen) atoms. The Labute approximate surface area is 91.9 Å². The third-order valence-electron chi connectivity index (χ3n) is 2.71. The fourth-order valence-corrected chi connectivity index (χ4v) is 1.63. The third kappa shape index (κ3) is 4.34. The molecule has 84 valence electrons. The Morgan fingerprint density at radius 1 is 1.27 bits per heavy atom. The second-order valence-corrected chi connectivity index (χ2v) is 3.86. The predicted octanol–water partition coefficient (Wildman–Crippen LogP) is 2.86. The standard InChI is InChI=1S/C13H20O2/c1-3-12(11(2)14)9-10-15-13-7-5-4-6-8-13/h4-8,11-12,14H,3,9-10H2,1-2H3. The van der Waals surface area contributed by atoms with Crippen LogP contribution < -0.4 is 4.74 Å². The van der Waals surface area contributed by atoms with Gasteiger partial charge in [-0.25, -0.2) is 0 Å². The van der Waals surface area contributed by atoms with Crippen LogP contribution in [-0.4, -0.2) is 17.8 Å². The van der Waals surface area contributed by atoms with E-state index in [1.54, 1.807) is 0 Å². The molecular formula is C13H20O2. The molecule has 2 nitrogen and oxygen atoms in total. The summed E-state index contributed by atoms with van der Waals surface area (Å²) in [5.74, 6) is 1.24. The number of aliphatic hydroxyl groups is 1. The lowest BCUT2D eigenvalue weighted by Crippen LogP contribution is -2.18. The van der Waals surface area contributed by atoms with E-state index in [9.17, 15) is 5.11 Å². The van der Waals surface area contributed by atoms with E-state index in [1.807, 2.05) is 37.3 Å². The second-order valence-electron chi connectivity index (χ2n) is 3.86. The van der Waals surface area contributed by atoms with Crippen molar-refractivity contribution >= 4 is 0 Å². The van der Waals surface area contributed by atoms with E-state index < -0.39 is 0 Å². The van der Waals surface area contributed by atoms with Gasteiger partial charge in [0.1, 0.15) is 5.75 Å². The highest BCUT2D eigenvalue weighted by molar-refractivity contribution is 5.20. The van der Waals surface area contributed by atoms with Gasteiger partial charge in [0.25, 0.3) is 0 Å². The average Bonchev–Trinajstić information content (AvgIpc) is 2.25. The molecule has 0 aliphatic rings. The van der Waals surface area contributed by atoms with Crippen LogP contribution in [0.3, 0.4) is 0 Å². The largest absolute Gasteiger partial charge is 0.494 e. The smallest absolute Gasteiger partial charge is 0.119 e. The maximum Gasteiger partial charge on any atom is 0.119 e. The van der Waals surface area contributed by atoms with Crippen LogP contribution in [0.15, 0.2) is 30.3 Å². The van der Waals surface area contributed by atoms with Crippen molar-refractivity contribution in [2.75, 3.05) is 6.61 Å². The molecule has 1 rings (SSSR count). The van der Waals surface area contributed by atoms with Crippen LogP contribution in [0.5, 0.6) is 5.75 Å². The fourth-order valence-electron chi connectivity index (χ4n) is 1.63. The lowest BCUT2D eigenvalue weighted by atomic mass is 9.97. The second kappa shape index (κ2) is 6.46. The van der Waals surface area contributed by atoms with Crippen LogP contribution in [0.2, 0.25) is 0 Å². The SMILES string of the molecule is CCC(CCOc1ccccc1)C(C)O. The Morgan fingerprint density at radius 2 is 1.93 bits per heavy atom. The first-order valence-corrected chi connectivity index (χ1v) is 5.60. The molecule has 0 fully saturated rings. The number of para-hydroxylation sites is 1. The first-order chi connectivity index (χ1) is 7.24. The highest BCUT2D eigenvalue weighted by Gasteiger charge is 2.12. The van der Waals surface area contributed by atoms with E-state index >= 15 is 0 Å². The molecule has 2 heteroatoms. The molecule has 0 saturated carbocycles. The Morgan fingerprint density at radius 3 is 2.47 bits per heavy atom. The molecule has 2 unspecified atom stereocenters. The van der Waals surface area contributed by atoms with Crippen molar-refractivity contribution in [3.63, 3.8) is 0 Å². The van der Waals surface area contributed by atoms with Crippen LogP contribution in [0.25, 0.3) is 0 Å². The zero-order chi connectivity index (χ0) is 11.1. The molecule has 1 aromatic rings. The molecule has 0 aromatic heterocycles. The van der Waals surface area contributed by atoms with Gasteiger partial charge in [0.05, 0.1) is 12.7 Å². The Kier molecular flexibility index (Phi) is 5.19. The van der Waals surface area contributed by atoms with Crippen molar-refractivity contribution in [1.82, 2.24) is 0 Å². The highest BCUT2D eigenvalue weighted by Crippen LogP contribution is 2.15. The average molecular weight is 208 g/mol. The van der Waals surface area contributed by atoms with Gasteiger partial charge in [0.2, 0.25) is 0 Å². The molecule has 0 aliphatic carbocycles. The van der Waals surface area contributed by atoms with Crippen molar-refractivity contribution < 1.29 is 9.84 Å². The Balaban J connectivity index is 2.27. The van der Waals surface area contributed by atoms with E-state index in [-0.39, 0.29) is 6.10 Å². The summed E-state index contributed by atoms with van der Waals surface area (Å²) in [7, 11) is 0. The van der Waals surface area contributed by atoms with Crippen molar-refractivity contribution in [1.29, 1.82) is 0 Å². The summed E-state index contributed by atoms with van der Waals surface area (Å²) in [6.07, 6.45) is 1.66. The van der Waals surface area contributed by atoms with Crippen LogP contribution in [-0.2, 0) is 0 Å². The molecule has 0 aliphatic heterocycles. The molecule has 1 N–H and O–H groups in total. The normalized spacial score (nSPS) is 14.6. The van der Waals surface area contributed by atoms with Crippen LogP contribution >= 0.6 is 0 Å². The number of aliphatic hydroxyl groups excluding tert-OH is 1. The molecular weight excluding hydrogens is 188 g/mol. The monoisotopic (exact) mass is 208 g/mol. The number of hydrogen-bond donors (Lipinski definition) is 1. The van der Waals surface area contributed by atoms with Gasteiger partial charge < -0.3 is 9.84 Å². The maximum absolute atomic E-state index is 9.45. The van der Waals surface area contributed by atoms with Gasteiger partial charge in [-0.05, 0) is 31.4 Å². The van der Waals surface area contributed by atoms with Gasteiger partial charge in [-0.1, -0.05) is 31.5 Å². The van der Waals surface area contributed by atoms with Crippen molar-refractivity contribution in [3.8, 4) is 5.75 Å². The summed E-state index contributed by atoms with van der Waals surface area (Å²) in [6, 6.07) is 9.78. The van der Waals surface area contributed by atoms with Crippen LogP contribution in [0.4, 0.5) is 0 Å². The number of hydrogen-bond acceptors (Lipinski definition) is 2. The first-order valence-electron chi connectivity index (χ1n) is 5.60. The minimum Gasteiger partial charge on any atom is -0.494 e. The van der Waals surface area contributed by atoms with Gasteiger partial charge >= 0.3 is 0 Å². The lowest BCUT2D eigenvalue weighted by molar-refractivity contribution is 0.106. The predicted molar refractivity (Wildman–Crippen MR) is 62.0 cm³/mol. The van der Waals surface area contributed by atoms with E-state index in [1.165, 1.54) is 0 Å². The summed E-state index contributed by atoms with van der Waals surface area (Å²) in [5.41, 5.74) is 0. The zero-order valence-corrected chi connectivity index (χ0v) is 9.52. The minimum absolute atomic E-state index is 0.241. The maximum atomic E-state index is 9.45. The molecule has 0 saturated heterocycles. The van der Waals surface area contributed by atoms with E-state index in [4.69, 9.17) is 4.74 Å². The van der Waals surface area contributed by atoms with Gasteiger partial charge in [0.15, 0.2) is 0 Å². The van der Waals surface area contributed by atoms with Crippen LogP contribution in [0.1, 0.15) is 26.7 Å². The lowest BCUT2D eigenvalue weighted by Gasteiger charge is -2.17. The van der Waals surface area contributed by atoms with E-state index in [0.29, 0.717) is 12.5 Å². The van der Waals surface area contributed by atoms with E-state index in [0.717, 1.165) is 18.6 Å². The van der Waals surface area contributed by atoms with Crippen molar-refractivity contribution in [3.05, 3.63) is 30.3 Å². The van der Waals surface area contributed by atoms with E-state index in [2.05, 4.69) is 6.92 Å². The van der Waals surface area contributed by atoms with Crippen LogP contribution in [0, 0.1) is 5.92 Å². The molecule has 0 amide bonds. The van der Waals surface area contributed by atoms with Gasteiger partial charge in [0, 0.05) is 0 Å². The van der Waals surface area contributed by atoms with Gasteiger partial charge in [-0.15, -0.1) is 0 Å². The Bertz CT molecular complexity index is 256. The summed E-state index contributed by atoms with van der Waals surface area (Å²) >= 11 is 0. The van der Waals surface area contributed by atoms with Crippen molar-refractivity contribution in [2.45, 2.75) is 32.8 Å². The summed E-state index contributed by atoms with van der Waals surface area (Å²) in [6.45, 7) is 4.62. The van der Waals surface area contributed by atoms with Crippen molar-refractivity contribution in [2.24, 2.45) is 5.92 Å². The summed E-state index contributed by atoms with van der Waals surface area (Å²) < 4.78 is 5.58. The number of benzene rings is 1. The molecule has 2 atom stereocenters.